The van der Waals surface area contributed by atoms with Gasteiger partial charge >= 0.3 is 5.97 Å². The molecule has 0 unspecified atom stereocenters. The minimum absolute atomic E-state index is 0.235. The van der Waals surface area contributed by atoms with Crippen molar-refractivity contribution in [2.45, 2.75) is 38.6 Å². The van der Waals surface area contributed by atoms with Crippen LogP contribution >= 0.6 is 0 Å². The average Bonchev–Trinajstić information content (AvgIpc) is 3.00. The number of nitrogens with zero attached hydrogens (tertiary/aromatic N) is 2. The van der Waals surface area contributed by atoms with Crippen LogP contribution in [-0.4, -0.2) is 41.2 Å². The molecule has 5 heteroatoms. The molecule has 0 aromatic carbocycles. The summed E-state index contributed by atoms with van der Waals surface area (Å²) in [5.74, 6) is 0.628. The second kappa shape index (κ2) is 7.30. The Labute approximate surface area is 137 Å². The van der Waals surface area contributed by atoms with E-state index in [0.717, 1.165) is 12.1 Å². The average molecular weight is 318 g/mol. The topological polar surface area (TPSA) is 62.7 Å². The van der Waals surface area contributed by atoms with Crippen LogP contribution in [0.3, 0.4) is 0 Å². The van der Waals surface area contributed by atoms with Gasteiger partial charge in [-0.1, -0.05) is 38.2 Å². The van der Waals surface area contributed by atoms with Crippen LogP contribution in [0.5, 0.6) is 5.88 Å². The van der Waals surface area contributed by atoms with Crippen LogP contribution in [0, 0.1) is 17.8 Å². The van der Waals surface area contributed by atoms with Gasteiger partial charge in [-0.05, 0) is 17.9 Å². The SMILES string of the molecule is COc1ncccc1CN1C[C@H](C(=O)O)[C@@H](C2CCCCC2)C1. The van der Waals surface area contributed by atoms with Crippen LogP contribution in [0.15, 0.2) is 18.3 Å². The van der Waals surface area contributed by atoms with Crippen molar-refractivity contribution in [2.75, 3.05) is 20.2 Å². The number of likely N-dealkylation sites (tertiary alicyclic amines) is 1. The quantitative estimate of drug-likeness (QED) is 0.904. The first-order chi connectivity index (χ1) is 11.2. The highest BCUT2D eigenvalue weighted by Crippen LogP contribution is 2.39. The number of rotatable bonds is 5. The van der Waals surface area contributed by atoms with Gasteiger partial charge in [0.1, 0.15) is 0 Å². The Balaban J connectivity index is 1.71. The van der Waals surface area contributed by atoms with Gasteiger partial charge in [-0.2, -0.15) is 0 Å². The molecule has 0 amide bonds. The van der Waals surface area contributed by atoms with Gasteiger partial charge in [0.25, 0.3) is 0 Å². The van der Waals surface area contributed by atoms with Gasteiger partial charge in [0.15, 0.2) is 0 Å². The van der Waals surface area contributed by atoms with Crippen molar-refractivity contribution in [3.63, 3.8) is 0 Å². The highest BCUT2D eigenvalue weighted by Gasteiger charge is 2.41. The Kier molecular flexibility index (Phi) is 5.16. The lowest BCUT2D eigenvalue weighted by Crippen LogP contribution is -2.29. The van der Waals surface area contributed by atoms with Crippen molar-refractivity contribution in [3.05, 3.63) is 23.9 Å². The molecule has 2 aliphatic rings. The second-order valence-electron chi connectivity index (χ2n) is 6.87. The van der Waals surface area contributed by atoms with Crippen molar-refractivity contribution >= 4 is 5.97 Å². The summed E-state index contributed by atoms with van der Waals surface area (Å²) in [6.07, 6.45) is 7.92. The molecule has 5 nitrogen and oxygen atoms in total. The summed E-state index contributed by atoms with van der Waals surface area (Å²) in [6.45, 7) is 2.22. The van der Waals surface area contributed by atoms with E-state index in [1.54, 1.807) is 13.3 Å². The van der Waals surface area contributed by atoms with Crippen molar-refractivity contribution in [3.8, 4) is 5.88 Å². The third kappa shape index (κ3) is 3.66. The number of methoxy groups -OCH3 is 1. The van der Waals surface area contributed by atoms with E-state index < -0.39 is 5.97 Å². The van der Waals surface area contributed by atoms with Crippen LogP contribution in [0.25, 0.3) is 0 Å². The maximum atomic E-state index is 11.7. The van der Waals surface area contributed by atoms with Gasteiger partial charge in [0, 0.05) is 31.4 Å². The molecule has 3 rings (SSSR count). The van der Waals surface area contributed by atoms with Crippen LogP contribution in [0.2, 0.25) is 0 Å². The summed E-state index contributed by atoms with van der Waals surface area (Å²) in [7, 11) is 1.63. The molecular weight excluding hydrogens is 292 g/mol. The Hall–Kier alpha value is -1.62. The predicted octanol–water partition coefficient (Wildman–Crippen LogP) is 2.80. The summed E-state index contributed by atoms with van der Waals surface area (Å²) >= 11 is 0. The first-order valence-electron chi connectivity index (χ1n) is 8.62. The molecule has 1 aromatic heterocycles. The Morgan fingerprint density at radius 1 is 1.35 bits per heavy atom. The third-order valence-electron chi connectivity index (χ3n) is 5.45. The number of carboxylic acid groups (broad SMARTS) is 1. The smallest absolute Gasteiger partial charge is 0.308 e. The summed E-state index contributed by atoms with van der Waals surface area (Å²) < 4.78 is 5.32. The summed E-state index contributed by atoms with van der Waals surface area (Å²) in [4.78, 5) is 18.2. The van der Waals surface area contributed by atoms with E-state index in [1.165, 1.54) is 32.1 Å². The normalized spacial score (nSPS) is 26.3. The molecule has 1 saturated carbocycles. The number of aromatic nitrogens is 1. The van der Waals surface area contributed by atoms with Crippen molar-refractivity contribution in [1.82, 2.24) is 9.88 Å². The minimum Gasteiger partial charge on any atom is -0.481 e. The zero-order chi connectivity index (χ0) is 16.2. The highest BCUT2D eigenvalue weighted by molar-refractivity contribution is 5.71. The number of carboxylic acids is 1. The lowest BCUT2D eigenvalue weighted by atomic mass is 9.75. The van der Waals surface area contributed by atoms with Crippen molar-refractivity contribution in [2.24, 2.45) is 17.8 Å². The molecule has 0 radical (unpaired) electrons. The lowest BCUT2D eigenvalue weighted by molar-refractivity contribution is -0.143. The Morgan fingerprint density at radius 3 is 2.83 bits per heavy atom. The van der Waals surface area contributed by atoms with E-state index in [-0.39, 0.29) is 11.8 Å². The predicted molar refractivity (Wildman–Crippen MR) is 87.3 cm³/mol. The van der Waals surface area contributed by atoms with Crippen LogP contribution < -0.4 is 4.74 Å². The maximum Gasteiger partial charge on any atom is 0.308 e. The van der Waals surface area contributed by atoms with E-state index in [2.05, 4.69) is 9.88 Å². The highest BCUT2D eigenvalue weighted by atomic mass is 16.5. The van der Waals surface area contributed by atoms with E-state index >= 15 is 0 Å². The number of carbonyl (C=O) groups is 1. The van der Waals surface area contributed by atoms with E-state index in [4.69, 9.17) is 4.74 Å². The molecule has 2 atom stereocenters. The fourth-order valence-electron chi connectivity index (χ4n) is 4.31. The fraction of sp³-hybridized carbons (Fsp3) is 0.667. The Morgan fingerprint density at radius 2 is 2.13 bits per heavy atom. The van der Waals surface area contributed by atoms with Gasteiger partial charge in [-0.3, -0.25) is 9.69 Å². The van der Waals surface area contributed by atoms with E-state index in [9.17, 15) is 9.90 Å². The first-order valence-corrected chi connectivity index (χ1v) is 8.62. The molecular formula is C18H26N2O3. The zero-order valence-corrected chi connectivity index (χ0v) is 13.8. The summed E-state index contributed by atoms with van der Waals surface area (Å²) in [5.41, 5.74) is 1.03. The van der Waals surface area contributed by atoms with E-state index in [0.29, 0.717) is 24.9 Å². The number of ether oxygens (including phenoxy) is 1. The monoisotopic (exact) mass is 318 g/mol. The molecule has 2 fully saturated rings. The minimum atomic E-state index is -0.638. The summed E-state index contributed by atoms with van der Waals surface area (Å²) in [6, 6.07) is 3.91. The van der Waals surface area contributed by atoms with Crippen molar-refractivity contribution < 1.29 is 14.6 Å². The number of hydrogen-bond donors (Lipinski definition) is 1. The summed E-state index contributed by atoms with van der Waals surface area (Å²) in [5, 5.41) is 9.64. The number of aliphatic carboxylic acids is 1. The van der Waals surface area contributed by atoms with Crippen LogP contribution in [0.1, 0.15) is 37.7 Å². The van der Waals surface area contributed by atoms with Gasteiger partial charge in [0.05, 0.1) is 13.0 Å². The van der Waals surface area contributed by atoms with E-state index in [1.807, 2.05) is 12.1 Å². The lowest BCUT2D eigenvalue weighted by Gasteiger charge is -2.29. The Bertz CT molecular complexity index is 543. The third-order valence-corrected chi connectivity index (χ3v) is 5.45. The van der Waals surface area contributed by atoms with Gasteiger partial charge in [-0.25, -0.2) is 4.98 Å². The van der Waals surface area contributed by atoms with Gasteiger partial charge in [-0.15, -0.1) is 0 Å². The molecule has 126 valence electrons. The molecule has 0 spiro atoms. The van der Waals surface area contributed by atoms with Gasteiger partial charge < -0.3 is 9.84 Å². The van der Waals surface area contributed by atoms with Gasteiger partial charge in [0.2, 0.25) is 5.88 Å². The molecule has 1 aliphatic carbocycles. The molecule has 23 heavy (non-hydrogen) atoms. The molecule has 1 aromatic rings. The number of hydrogen-bond acceptors (Lipinski definition) is 4. The standard InChI is InChI=1S/C18H26N2O3/c1-23-17-14(8-5-9-19-17)10-20-11-15(16(12-20)18(21)22)13-6-3-2-4-7-13/h5,8-9,13,15-16H,2-4,6-7,10-12H2,1H3,(H,21,22)/t15-,16+/m1/s1. The molecule has 1 saturated heterocycles. The maximum absolute atomic E-state index is 11.7. The second-order valence-corrected chi connectivity index (χ2v) is 6.87. The fourth-order valence-corrected chi connectivity index (χ4v) is 4.31. The zero-order valence-electron chi connectivity index (χ0n) is 13.8. The first kappa shape index (κ1) is 16.2. The van der Waals surface area contributed by atoms with Crippen LogP contribution in [0.4, 0.5) is 0 Å². The van der Waals surface area contributed by atoms with Crippen molar-refractivity contribution in [1.29, 1.82) is 0 Å². The molecule has 1 N–H and O–H groups in total. The molecule has 0 bridgehead atoms. The number of pyridine rings is 1. The molecule has 2 heterocycles. The largest absolute Gasteiger partial charge is 0.481 e. The molecule has 1 aliphatic heterocycles. The van der Waals surface area contributed by atoms with Crippen LogP contribution in [-0.2, 0) is 11.3 Å².